The lowest BCUT2D eigenvalue weighted by atomic mass is 9.97. The van der Waals surface area contributed by atoms with Crippen molar-refractivity contribution in [3.05, 3.63) is 70.7 Å². The third-order valence-electron chi connectivity index (χ3n) is 5.71. The van der Waals surface area contributed by atoms with E-state index in [0.29, 0.717) is 30.1 Å². The molecule has 0 saturated carbocycles. The van der Waals surface area contributed by atoms with Crippen LogP contribution >= 0.6 is 11.6 Å². The number of carbonyl (C=O) groups excluding carboxylic acids is 3. The SMILES string of the molecule is CN1C(=O)[C@H]2CN(C(=O)c3ccccc3Cl)CCN2C(=O)[C@@H]1Cc1ccccc1. The van der Waals surface area contributed by atoms with Crippen LogP contribution in [0.3, 0.4) is 0 Å². The van der Waals surface area contributed by atoms with Gasteiger partial charge in [-0.2, -0.15) is 0 Å². The molecule has 4 rings (SSSR count). The number of hydrogen-bond donors (Lipinski definition) is 0. The van der Waals surface area contributed by atoms with Crippen LogP contribution in [-0.4, -0.2) is 71.2 Å². The fourth-order valence-corrected chi connectivity index (χ4v) is 4.27. The van der Waals surface area contributed by atoms with Gasteiger partial charge < -0.3 is 14.7 Å². The number of halogens is 1. The summed E-state index contributed by atoms with van der Waals surface area (Å²) in [5.41, 5.74) is 1.42. The lowest BCUT2D eigenvalue weighted by Gasteiger charge is -2.48. The first-order valence-corrected chi connectivity index (χ1v) is 10.00. The molecule has 0 unspecified atom stereocenters. The molecule has 0 spiro atoms. The zero-order valence-electron chi connectivity index (χ0n) is 16.1. The van der Waals surface area contributed by atoms with Crippen LogP contribution in [0.4, 0.5) is 0 Å². The van der Waals surface area contributed by atoms with E-state index in [4.69, 9.17) is 11.6 Å². The fourth-order valence-electron chi connectivity index (χ4n) is 4.05. The third-order valence-corrected chi connectivity index (χ3v) is 6.04. The maximum absolute atomic E-state index is 13.1. The highest BCUT2D eigenvalue weighted by Gasteiger charge is 2.47. The van der Waals surface area contributed by atoms with Crippen LogP contribution in [0.15, 0.2) is 54.6 Å². The quantitative estimate of drug-likeness (QED) is 0.776. The Bertz CT molecular complexity index is 949. The minimum absolute atomic E-state index is 0.0641. The molecule has 0 aromatic heterocycles. The van der Waals surface area contributed by atoms with E-state index in [1.54, 1.807) is 41.1 Å². The zero-order chi connectivity index (χ0) is 20.5. The second kappa shape index (κ2) is 7.87. The van der Waals surface area contributed by atoms with Crippen LogP contribution in [0.1, 0.15) is 15.9 Å². The Morgan fingerprint density at radius 3 is 2.41 bits per heavy atom. The second-order valence-corrected chi connectivity index (χ2v) is 7.84. The van der Waals surface area contributed by atoms with Crippen LogP contribution in [0.5, 0.6) is 0 Å². The summed E-state index contributed by atoms with van der Waals surface area (Å²) in [6, 6.07) is 15.4. The van der Waals surface area contributed by atoms with E-state index >= 15 is 0 Å². The van der Waals surface area contributed by atoms with Gasteiger partial charge in [0, 0.05) is 26.6 Å². The van der Waals surface area contributed by atoms with Gasteiger partial charge in [-0.1, -0.05) is 54.1 Å². The first-order valence-electron chi connectivity index (χ1n) is 9.62. The maximum atomic E-state index is 13.1. The molecular formula is C22H22ClN3O3. The molecule has 150 valence electrons. The first-order chi connectivity index (χ1) is 14.0. The minimum atomic E-state index is -0.653. The zero-order valence-corrected chi connectivity index (χ0v) is 16.9. The van der Waals surface area contributed by atoms with Crippen molar-refractivity contribution in [1.82, 2.24) is 14.7 Å². The Hall–Kier alpha value is -2.86. The highest BCUT2D eigenvalue weighted by molar-refractivity contribution is 6.33. The molecule has 0 bridgehead atoms. The summed E-state index contributed by atoms with van der Waals surface area (Å²) in [5, 5.41) is 0.381. The number of hydrogen-bond acceptors (Lipinski definition) is 3. The van der Waals surface area contributed by atoms with Crippen LogP contribution < -0.4 is 0 Å². The van der Waals surface area contributed by atoms with Gasteiger partial charge in [0.05, 0.1) is 17.1 Å². The van der Waals surface area contributed by atoms with Crippen LogP contribution in [-0.2, 0) is 16.0 Å². The van der Waals surface area contributed by atoms with Crippen LogP contribution in [0.2, 0.25) is 5.02 Å². The standard InChI is InChI=1S/C22H22ClN3O3/c1-24-18(13-15-7-3-2-4-8-15)22(29)26-12-11-25(14-19(26)21(24)28)20(27)16-9-5-6-10-17(16)23/h2-10,18-19H,11-14H2,1H3/t18-,19+/m0/s1. The lowest BCUT2D eigenvalue weighted by Crippen LogP contribution is -2.70. The Morgan fingerprint density at radius 2 is 1.69 bits per heavy atom. The molecule has 2 saturated heterocycles. The number of carbonyl (C=O) groups is 3. The van der Waals surface area contributed by atoms with Gasteiger partial charge in [-0.25, -0.2) is 0 Å². The number of rotatable bonds is 3. The van der Waals surface area contributed by atoms with E-state index in [2.05, 4.69) is 0 Å². The molecule has 0 N–H and O–H groups in total. The number of benzene rings is 2. The smallest absolute Gasteiger partial charge is 0.255 e. The summed E-state index contributed by atoms with van der Waals surface area (Å²) in [6.07, 6.45) is 0.480. The van der Waals surface area contributed by atoms with E-state index in [0.717, 1.165) is 5.56 Å². The van der Waals surface area contributed by atoms with Crippen molar-refractivity contribution >= 4 is 29.3 Å². The van der Waals surface area contributed by atoms with Gasteiger partial charge in [-0.3, -0.25) is 14.4 Å². The van der Waals surface area contributed by atoms with Crippen LogP contribution in [0, 0.1) is 0 Å². The average Bonchev–Trinajstić information content (AvgIpc) is 2.75. The van der Waals surface area contributed by atoms with Crippen molar-refractivity contribution in [3.63, 3.8) is 0 Å². The topological polar surface area (TPSA) is 60.9 Å². The maximum Gasteiger partial charge on any atom is 0.255 e. The predicted molar refractivity (Wildman–Crippen MR) is 110 cm³/mol. The Labute approximate surface area is 174 Å². The van der Waals surface area contributed by atoms with E-state index in [-0.39, 0.29) is 24.3 Å². The van der Waals surface area contributed by atoms with Crippen molar-refractivity contribution in [2.24, 2.45) is 0 Å². The molecule has 2 aromatic carbocycles. The summed E-state index contributed by atoms with van der Waals surface area (Å²) < 4.78 is 0. The van der Waals surface area contributed by atoms with Crippen molar-refractivity contribution in [1.29, 1.82) is 0 Å². The number of fused-ring (bicyclic) bond motifs is 1. The number of amides is 3. The molecule has 2 aliphatic heterocycles. The lowest BCUT2D eigenvalue weighted by molar-refractivity contribution is -0.163. The average molecular weight is 412 g/mol. The van der Waals surface area contributed by atoms with Crippen molar-refractivity contribution in [2.45, 2.75) is 18.5 Å². The van der Waals surface area contributed by atoms with Gasteiger partial charge >= 0.3 is 0 Å². The van der Waals surface area contributed by atoms with Gasteiger partial charge in [0.1, 0.15) is 12.1 Å². The monoisotopic (exact) mass is 411 g/mol. The van der Waals surface area contributed by atoms with Crippen molar-refractivity contribution in [3.8, 4) is 0 Å². The normalized spacial score (nSPS) is 21.9. The van der Waals surface area contributed by atoms with Crippen molar-refractivity contribution in [2.75, 3.05) is 26.7 Å². The Kier molecular flexibility index (Phi) is 5.28. The fraction of sp³-hybridized carbons (Fsp3) is 0.318. The summed E-state index contributed by atoms with van der Waals surface area (Å²) in [7, 11) is 1.67. The Morgan fingerprint density at radius 1 is 1.00 bits per heavy atom. The molecular weight excluding hydrogens is 390 g/mol. The third kappa shape index (κ3) is 3.60. The van der Waals surface area contributed by atoms with E-state index in [9.17, 15) is 14.4 Å². The van der Waals surface area contributed by atoms with Gasteiger partial charge in [0.2, 0.25) is 11.8 Å². The molecule has 2 aliphatic rings. The molecule has 29 heavy (non-hydrogen) atoms. The number of likely N-dealkylation sites (N-methyl/N-ethyl adjacent to an activating group) is 1. The molecule has 2 fully saturated rings. The molecule has 2 atom stereocenters. The molecule has 3 amide bonds. The minimum Gasteiger partial charge on any atom is -0.334 e. The molecule has 2 aromatic rings. The van der Waals surface area contributed by atoms with Gasteiger partial charge in [-0.15, -0.1) is 0 Å². The second-order valence-electron chi connectivity index (χ2n) is 7.43. The van der Waals surface area contributed by atoms with Gasteiger partial charge in [0.15, 0.2) is 0 Å². The molecule has 2 heterocycles. The van der Waals surface area contributed by atoms with Gasteiger partial charge in [0.25, 0.3) is 5.91 Å². The number of nitrogens with zero attached hydrogens (tertiary/aromatic N) is 3. The highest BCUT2D eigenvalue weighted by Crippen LogP contribution is 2.25. The summed E-state index contributed by atoms with van der Waals surface area (Å²) in [6.45, 7) is 0.892. The molecule has 0 aliphatic carbocycles. The predicted octanol–water partition coefficient (Wildman–Crippen LogP) is 2.08. The largest absolute Gasteiger partial charge is 0.334 e. The van der Waals surface area contributed by atoms with Crippen LogP contribution in [0.25, 0.3) is 0 Å². The summed E-state index contributed by atoms with van der Waals surface area (Å²) in [4.78, 5) is 43.8. The van der Waals surface area contributed by atoms with E-state index in [1.165, 1.54) is 4.90 Å². The van der Waals surface area contributed by atoms with Gasteiger partial charge in [-0.05, 0) is 17.7 Å². The molecule has 7 heteroatoms. The summed E-state index contributed by atoms with van der Waals surface area (Å²) >= 11 is 6.16. The van der Waals surface area contributed by atoms with Crippen molar-refractivity contribution < 1.29 is 14.4 Å². The van der Waals surface area contributed by atoms with E-state index < -0.39 is 12.1 Å². The molecule has 6 nitrogen and oxygen atoms in total. The highest BCUT2D eigenvalue weighted by atomic mass is 35.5. The number of piperazine rings is 2. The molecule has 0 radical (unpaired) electrons. The van der Waals surface area contributed by atoms with E-state index in [1.807, 2.05) is 30.3 Å². The summed E-state index contributed by atoms with van der Waals surface area (Å²) in [5.74, 6) is -0.419. The first kappa shape index (κ1) is 19.5. The Balaban J connectivity index is 1.52.